The fraction of sp³-hybridized carbons (Fsp3) is 0.417. The van der Waals surface area contributed by atoms with Crippen molar-refractivity contribution in [1.82, 2.24) is 24.3 Å². The van der Waals surface area contributed by atoms with Crippen LogP contribution in [0.3, 0.4) is 0 Å². The standard InChI is InChI=1S/C24H30N6/c1-17(16-29-8-10-30(11-9-29)22-6-7-22)27-24-13-21-12-19(4-5-20(21)14-26-24)23-15-25-18(2)28(23)3/h4-5,12-15,22H,1,6-11,16H2,2-3H3,(H,26,27). The van der Waals surface area contributed by atoms with E-state index in [1.807, 2.05) is 19.3 Å². The molecule has 3 aromatic rings. The molecule has 30 heavy (non-hydrogen) atoms. The molecule has 3 heterocycles. The fourth-order valence-electron chi connectivity index (χ4n) is 4.36. The summed E-state index contributed by atoms with van der Waals surface area (Å²) in [6, 6.07) is 9.44. The average Bonchev–Trinajstić information content (AvgIpc) is 3.54. The van der Waals surface area contributed by atoms with Crippen LogP contribution in [0.15, 0.2) is 48.9 Å². The molecule has 2 aromatic heterocycles. The van der Waals surface area contributed by atoms with Crippen LogP contribution in [0.4, 0.5) is 5.82 Å². The number of nitrogens with one attached hydrogen (secondary N) is 1. The number of rotatable bonds is 6. The van der Waals surface area contributed by atoms with Crippen molar-refractivity contribution in [2.45, 2.75) is 25.8 Å². The SMILES string of the molecule is C=C(CN1CCN(C2CC2)CC1)Nc1cc2cc(-c3cnc(C)n3C)ccc2cn1. The number of pyridine rings is 1. The second kappa shape index (κ2) is 7.85. The molecular weight excluding hydrogens is 372 g/mol. The van der Waals surface area contributed by atoms with Gasteiger partial charge < -0.3 is 9.88 Å². The molecule has 0 spiro atoms. The van der Waals surface area contributed by atoms with Crippen LogP contribution < -0.4 is 5.32 Å². The molecule has 1 saturated heterocycles. The number of hydrogen-bond donors (Lipinski definition) is 1. The van der Waals surface area contributed by atoms with E-state index in [1.165, 1.54) is 25.9 Å². The Morgan fingerprint density at radius 2 is 1.87 bits per heavy atom. The summed E-state index contributed by atoms with van der Waals surface area (Å²) in [5.41, 5.74) is 3.28. The van der Waals surface area contributed by atoms with Crippen molar-refractivity contribution in [1.29, 1.82) is 0 Å². The zero-order valence-electron chi connectivity index (χ0n) is 17.9. The Bertz CT molecular complexity index is 1070. The Morgan fingerprint density at radius 1 is 1.07 bits per heavy atom. The highest BCUT2D eigenvalue weighted by Gasteiger charge is 2.31. The minimum Gasteiger partial charge on any atom is -0.343 e. The van der Waals surface area contributed by atoms with E-state index in [0.29, 0.717) is 0 Å². The molecule has 0 unspecified atom stereocenters. The molecule has 6 heteroatoms. The lowest BCUT2D eigenvalue weighted by atomic mass is 10.1. The summed E-state index contributed by atoms with van der Waals surface area (Å²) in [7, 11) is 2.05. The Hall–Kier alpha value is -2.70. The van der Waals surface area contributed by atoms with Crippen LogP contribution in [0.25, 0.3) is 22.0 Å². The first-order valence-corrected chi connectivity index (χ1v) is 10.9. The van der Waals surface area contributed by atoms with E-state index in [0.717, 1.165) is 65.0 Å². The molecule has 1 aliphatic heterocycles. The third kappa shape index (κ3) is 3.98. The van der Waals surface area contributed by atoms with E-state index >= 15 is 0 Å². The highest BCUT2D eigenvalue weighted by molar-refractivity contribution is 5.88. The first-order chi connectivity index (χ1) is 14.6. The zero-order valence-corrected chi connectivity index (χ0v) is 17.9. The maximum Gasteiger partial charge on any atom is 0.130 e. The number of fused-ring (bicyclic) bond motifs is 1. The maximum atomic E-state index is 4.59. The molecule has 1 aliphatic carbocycles. The van der Waals surface area contributed by atoms with E-state index < -0.39 is 0 Å². The molecule has 5 rings (SSSR count). The molecule has 1 N–H and O–H groups in total. The molecule has 2 aliphatic rings. The number of nitrogens with zero attached hydrogens (tertiary/aromatic N) is 5. The van der Waals surface area contributed by atoms with Crippen molar-refractivity contribution in [2.24, 2.45) is 7.05 Å². The van der Waals surface area contributed by atoms with Gasteiger partial charge in [0.2, 0.25) is 0 Å². The van der Waals surface area contributed by atoms with Crippen molar-refractivity contribution in [3.05, 3.63) is 54.8 Å². The van der Waals surface area contributed by atoms with Gasteiger partial charge in [0.25, 0.3) is 0 Å². The summed E-state index contributed by atoms with van der Waals surface area (Å²) >= 11 is 0. The molecular formula is C24H30N6. The van der Waals surface area contributed by atoms with Crippen LogP contribution in [0.2, 0.25) is 0 Å². The smallest absolute Gasteiger partial charge is 0.130 e. The van der Waals surface area contributed by atoms with Crippen LogP contribution in [-0.4, -0.2) is 63.1 Å². The maximum absolute atomic E-state index is 4.59. The number of aromatic nitrogens is 3. The largest absolute Gasteiger partial charge is 0.343 e. The normalized spacial score (nSPS) is 18.1. The Morgan fingerprint density at radius 3 is 2.57 bits per heavy atom. The average molecular weight is 403 g/mol. The van der Waals surface area contributed by atoms with Crippen LogP contribution in [0, 0.1) is 6.92 Å². The monoisotopic (exact) mass is 402 g/mol. The van der Waals surface area contributed by atoms with Crippen LogP contribution in [0.5, 0.6) is 0 Å². The predicted octanol–water partition coefficient (Wildman–Crippen LogP) is 3.65. The van der Waals surface area contributed by atoms with Gasteiger partial charge in [-0.2, -0.15) is 0 Å². The number of aryl methyl sites for hydroxylation is 1. The van der Waals surface area contributed by atoms with Gasteiger partial charge >= 0.3 is 0 Å². The number of piperazine rings is 1. The summed E-state index contributed by atoms with van der Waals surface area (Å²) in [5.74, 6) is 1.86. The Balaban J connectivity index is 1.26. The van der Waals surface area contributed by atoms with Crippen molar-refractivity contribution >= 4 is 16.6 Å². The van der Waals surface area contributed by atoms with Gasteiger partial charge in [0.05, 0.1) is 11.9 Å². The Labute approximate surface area is 178 Å². The molecule has 1 saturated carbocycles. The van der Waals surface area contributed by atoms with Gasteiger partial charge in [-0.05, 0) is 37.3 Å². The van der Waals surface area contributed by atoms with E-state index in [4.69, 9.17) is 0 Å². The topological polar surface area (TPSA) is 49.2 Å². The van der Waals surface area contributed by atoms with Gasteiger partial charge in [-0.15, -0.1) is 0 Å². The fourth-order valence-corrected chi connectivity index (χ4v) is 4.36. The van der Waals surface area contributed by atoms with Crippen LogP contribution in [0.1, 0.15) is 18.7 Å². The first kappa shape index (κ1) is 19.3. The zero-order chi connectivity index (χ0) is 20.7. The molecule has 0 radical (unpaired) electrons. The van der Waals surface area contributed by atoms with E-state index in [9.17, 15) is 0 Å². The third-order valence-electron chi connectivity index (χ3n) is 6.43. The van der Waals surface area contributed by atoms with Crippen molar-refractivity contribution in [3.63, 3.8) is 0 Å². The minimum atomic E-state index is 0.849. The second-order valence-corrected chi connectivity index (χ2v) is 8.65. The molecule has 1 aromatic carbocycles. The summed E-state index contributed by atoms with van der Waals surface area (Å²) in [6.07, 6.45) is 6.65. The lowest BCUT2D eigenvalue weighted by molar-refractivity contribution is 0.134. The third-order valence-corrected chi connectivity index (χ3v) is 6.43. The van der Waals surface area contributed by atoms with Crippen molar-refractivity contribution in [3.8, 4) is 11.3 Å². The predicted molar refractivity (Wildman–Crippen MR) is 122 cm³/mol. The van der Waals surface area contributed by atoms with Gasteiger partial charge in [-0.3, -0.25) is 9.80 Å². The number of anilines is 1. The summed E-state index contributed by atoms with van der Waals surface area (Å²) in [5, 5.41) is 5.72. The Kier molecular flexibility index (Phi) is 5.05. The van der Waals surface area contributed by atoms with Gasteiger partial charge in [0, 0.05) is 68.7 Å². The number of benzene rings is 1. The van der Waals surface area contributed by atoms with Crippen molar-refractivity contribution in [2.75, 3.05) is 38.0 Å². The molecule has 0 bridgehead atoms. The second-order valence-electron chi connectivity index (χ2n) is 8.65. The van der Waals surface area contributed by atoms with Gasteiger partial charge in [0.1, 0.15) is 11.6 Å². The summed E-state index contributed by atoms with van der Waals surface area (Å²) in [6.45, 7) is 11.7. The number of hydrogen-bond acceptors (Lipinski definition) is 5. The van der Waals surface area contributed by atoms with Gasteiger partial charge in [-0.25, -0.2) is 9.97 Å². The van der Waals surface area contributed by atoms with E-state index in [-0.39, 0.29) is 0 Å². The molecule has 2 fully saturated rings. The quantitative estimate of drug-likeness (QED) is 0.682. The number of imidazole rings is 1. The molecule has 0 amide bonds. The highest BCUT2D eigenvalue weighted by atomic mass is 15.3. The molecule has 156 valence electrons. The minimum absolute atomic E-state index is 0.849. The van der Waals surface area contributed by atoms with Gasteiger partial charge in [-0.1, -0.05) is 18.7 Å². The lowest BCUT2D eigenvalue weighted by Gasteiger charge is -2.35. The first-order valence-electron chi connectivity index (χ1n) is 10.9. The van der Waals surface area contributed by atoms with E-state index in [2.05, 4.69) is 67.5 Å². The summed E-state index contributed by atoms with van der Waals surface area (Å²) in [4.78, 5) is 14.1. The van der Waals surface area contributed by atoms with Crippen LogP contribution >= 0.6 is 0 Å². The molecule has 6 nitrogen and oxygen atoms in total. The lowest BCUT2D eigenvalue weighted by Crippen LogP contribution is -2.47. The van der Waals surface area contributed by atoms with E-state index in [1.54, 1.807) is 0 Å². The van der Waals surface area contributed by atoms with Gasteiger partial charge in [0.15, 0.2) is 0 Å². The summed E-state index contributed by atoms with van der Waals surface area (Å²) < 4.78 is 2.12. The van der Waals surface area contributed by atoms with Crippen LogP contribution in [-0.2, 0) is 7.05 Å². The molecule has 0 atom stereocenters. The highest BCUT2D eigenvalue weighted by Crippen LogP contribution is 2.28. The van der Waals surface area contributed by atoms with Crippen molar-refractivity contribution < 1.29 is 0 Å².